The first-order valence-electron chi connectivity index (χ1n) is 6.37. The molecule has 0 fully saturated rings. The average Bonchev–Trinajstić information content (AvgIpc) is 3.06. The molecule has 0 radical (unpaired) electrons. The van der Waals surface area contributed by atoms with E-state index in [2.05, 4.69) is 23.0 Å². The summed E-state index contributed by atoms with van der Waals surface area (Å²) in [6, 6.07) is 5.97. The lowest BCUT2D eigenvalue weighted by Gasteiger charge is -2.17. The first-order valence-corrected chi connectivity index (χ1v) is 7.56. The van der Waals surface area contributed by atoms with Crippen molar-refractivity contribution < 1.29 is 4.42 Å². The minimum absolute atomic E-state index is 0.281. The quantitative estimate of drug-likeness (QED) is 0.679. The molecule has 0 saturated carbocycles. The summed E-state index contributed by atoms with van der Waals surface area (Å²) in [6.45, 7) is 2.78. The zero-order valence-corrected chi connectivity index (χ0v) is 12.8. The minimum Gasteiger partial charge on any atom is -0.467 e. The van der Waals surface area contributed by atoms with Gasteiger partial charge in [-0.25, -0.2) is 4.98 Å². The fraction of sp³-hybridized carbons (Fsp3) is 0.286. The molecule has 0 N–H and O–H groups in total. The summed E-state index contributed by atoms with van der Waals surface area (Å²) in [5.41, 5.74) is 0. The second-order valence-electron chi connectivity index (χ2n) is 4.54. The van der Waals surface area contributed by atoms with Crippen molar-refractivity contribution in [1.29, 1.82) is 0 Å². The van der Waals surface area contributed by atoms with Crippen LogP contribution in [0.4, 0.5) is 5.82 Å². The summed E-state index contributed by atoms with van der Waals surface area (Å²) in [5.74, 6) is 1.73. The lowest BCUT2D eigenvalue weighted by Crippen LogP contribution is -2.17. The molecule has 0 aromatic carbocycles. The van der Waals surface area contributed by atoms with E-state index in [1.54, 1.807) is 17.6 Å². The van der Waals surface area contributed by atoms with Gasteiger partial charge in [-0.15, -0.1) is 11.3 Å². The number of anilines is 1. The van der Waals surface area contributed by atoms with Gasteiger partial charge in [-0.05, 0) is 36.2 Å². The van der Waals surface area contributed by atoms with E-state index in [1.807, 2.05) is 24.1 Å². The molecule has 20 heavy (non-hydrogen) atoms. The third kappa shape index (κ3) is 2.51. The molecule has 3 aromatic heterocycles. The summed E-state index contributed by atoms with van der Waals surface area (Å²) in [7, 11) is 1.98. The minimum atomic E-state index is 0.281. The number of hydrogen-bond acceptors (Lipinski definition) is 5. The Kier molecular flexibility index (Phi) is 3.63. The molecule has 0 saturated heterocycles. The molecule has 6 heteroatoms. The summed E-state index contributed by atoms with van der Waals surface area (Å²) in [5, 5.41) is 1.33. The highest BCUT2D eigenvalue weighted by Crippen LogP contribution is 2.32. The third-order valence-electron chi connectivity index (χ3n) is 3.08. The second kappa shape index (κ2) is 5.42. The van der Waals surface area contributed by atoms with Crippen molar-refractivity contribution in [3.05, 3.63) is 40.4 Å². The molecule has 4 nitrogen and oxygen atoms in total. The van der Waals surface area contributed by atoms with Gasteiger partial charge in [0.05, 0.1) is 18.2 Å². The Morgan fingerprint density at radius 3 is 2.95 bits per heavy atom. The van der Waals surface area contributed by atoms with Crippen molar-refractivity contribution in [3.8, 4) is 0 Å². The van der Waals surface area contributed by atoms with Crippen molar-refractivity contribution in [2.45, 2.75) is 19.9 Å². The lowest BCUT2D eigenvalue weighted by atomic mass is 10.3. The molecule has 0 aliphatic heterocycles. The molecule has 104 valence electrons. The van der Waals surface area contributed by atoms with Crippen LogP contribution in [-0.4, -0.2) is 17.0 Å². The second-order valence-corrected chi connectivity index (χ2v) is 5.99. The Labute approximate surface area is 126 Å². The summed E-state index contributed by atoms with van der Waals surface area (Å²) >= 11 is 7.70. The monoisotopic (exact) mass is 307 g/mol. The van der Waals surface area contributed by atoms with Gasteiger partial charge < -0.3 is 9.32 Å². The maximum Gasteiger partial charge on any atom is 0.225 e. The van der Waals surface area contributed by atoms with Crippen LogP contribution in [0.25, 0.3) is 10.2 Å². The number of rotatable bonds is 4. The van der Waals surface area contributed by atoms with Crippen LogP contribution in [0.3, 0.4) is 0 Å². The highest BCUT2D eigenvalue weighted by molar-refractivity contribution is 7.18. The highest BCUT2D eigenvalue weighted by Gasteiger charge is 2.14. The Bertz CT molecular complexity index is 723. The van der Waals surface area contributed by atoms with Crippen molar-refractivity contribution in [2.24, 2.45) is 0 Å². The summed E-state index contributed by atoms with van der Waals surface area (Å²) in [4.78, 5) is 12.9. The summed E-state index contributed by atoms with van der Waals surface area (Å²) in [6.07, 6.45) is 2.66. The van der Waals surface area contributed by atoms with Crippen LogP contribution in [0.2, 0.25) is 5.28 Å². The zero-order valence-electron chi connectivity index (χ0n) is 11.3. The van der Waals surface area contributed by atoms with Crippen molar-refractivity contribution in [1.82, 2.24) is 9.97 Å². The summed E-state index contributed by atoms with van der Waals surface area (Å²) < 4.78 is 5.38. The molecule has 0 aliphatic rings. The number of halogens is 1. The normalized spacial score (nSPS) is 11.2. The van der Waals surface area contributed by atoms with Crippen molar-refractivity contribution in [2.75, 3.05) is 11.9 Å². The number of fused-ring (bicyclic) bond motifs is 1. The van der Waals surface area contributed by atoms with Crippen LogP contribution < -0.4 is 4.90 Å². The van der Waals surface area contributed by atoms with Crippen LogP contribution in [0.1, 0.15) is 17.6 Å². The molecule has 0 spiro atoms. The highest BCUT2D eigenvalue weighted by atomic mass is 35.5. The Morgan fingerprint density at radius 1 is 1.40 bits per heavy atom. The molecule has 3 aromatic rings. The molecule has 0 bridgehead atoms. The van der Waals surface area contributed by atoms with E-state index in [0.29, 0.717) is 6.54 Å². The molecular weight excluding hydrogens is 294 g/mol. The number of aromatic nitrogens is 2. The van der Waals surface area contributed by atoms with Gasteiger partial charge in [-0.3, -0.25) is 0 Å². The fourth-order valence-electron chi connectivity index (χ4n) is 2.11. The molecule has 0 amide bonds. The molecule has 0 aliphatic carbocycles. The van der Waals surface area contributed by atoms with E-state index in [0.717, 1.165) is 28.2 Å². The number of furan rings is 1. The van der Waals surface area contributed by atoms with Crippen molar-refractivity contribution in [3.63, 3.8) is 0 Å². The smallest absolute Gasteiger partial charge is 0.225 e. The fourth-order valence-corrected chi connectivity index (χ4v) is 3.28. The van der Waals surface area contributed by atoms with Gasteiger partial charge in [0.2, 0.25) is 5.28 Å². The molecular formula is C14H14ClN3OS. The predicted molar refractivity (Wildman–Crippen MR) is 82.6 cm³/mol. The third-order valence-corrected chi connectivity index (χ3v) is 4.42. The van der Waals surface area contributed by atoms with Crippen LogP contribution in [0.5, 0.6) is 0 Å². The Hall–Kier alpha value is -1.59. The molecule has 0 atom stereocenters. The van der Waals surface area contributed by atoms with Gasteiger partial charge >= 0.3 is 0 Å². The van der Waals surface area contributed by atoms with Gasteiger partial charge in [0, 0.05) is 11.9 Å². The van der Waals surface area contributed by atoms with Gasteiger partial charge in [0.1, 0.15) is 16.4 Å². The number of thiophene rings is 1. The first kappa shape index (κ1) is 13.4. The molecule has 3 heterocycles. The van der Waals surface area contributed by atoms with E-state index in [-0.39, 0.29) is 5.28 Å². The number of nitrogens with zero attached hydrogens (tertiary/aromatic N) is 3. The average molecular weight is 308 g/mol. The molecule has 0 unspecified atom stereocenters. The maximum atomic E-state index is 6.04. The van der Waals surface area contributed by atoms with E-state index in [1.165, 1.54) is 4.88 Å². The van der Waals surface area contributed by atoms with E-state index < -0.39 is 0 Å². The van der Waals surface area contributed by atoms with Crippen LogP contribution >= 0.6 is 22.9 Å². The van der Waals surface area contributed by atoms with Crippen molar-refractivity contribution >= 4 is 39.0 Å². The first-order chi connectivity index (χ1) is 9.67. The van der Waals surface area contributed by atoms with Crippen LogP contribution in [-0.2, 0) is 13.0 Å². The SMILES string of the molecule is CCc1cc2c(N(C)Cc3ccco3)nc(Cl)nc2s1. The van der Waals surface area contributed by atoms with Crippen LogP contribution in [0, 0.1) is 0 Å². The van der Waals surface area contributed by atoms with Gasteiger partial charge in [0.25, 0.3) is 0 Å². The number of hydrogen-bond donors (Lipinski definition) is 0. The standard InChI is InChI=1S/C14H14ClN3OS/c1-3-10-7-11-12(16-14(15)17-13(11)20-10)18(2)8-9-5-4-6-19-9/h4-7H,3,8H2,1-2H3. The van der Waals surface area contributed by atoms with E-state index >= 15 is 0 Å². The zero-order chi connectivity index (χ0) is 14.1. The largest absolute Gasteiger partial charge is 0.467 e. The number of aryl methyl sites for hydroxylation is 1. The van der Waals surface area contributed by atoms with Crippen LogP contribution in [0.15, 0.2) is 28.9 Å². The molecule has 3 rings (SSSR count). The topological polar surface area (TPSA) is 42.2 Å². The predicted octanol–water partition coefficient (Wildman–Crippen LogP) is 4.14. The van der Waals surface area contributed by atoms with Gasteiger partial charge in [-0.1, -0.05) is 6.92 Å². The van der Waals surface area contributed by atoms with E-state index in [9.17, 15) is 0 Å². The van der Waals surface area contributed by atoms with Gasteiger partial charge in [0.15, 0.2) is 0 Å². The maximum absolute atomic E-state index is 6.04. The van der Waals surface area contributed by atoms with E-state index in [4.69, 9.17) is 16.0 Å². The Morgan fingerprint density at radius 2 is 2.25 bits per heavy atom. The van der Waals surface area contributed by atoms with Gasteiger partial charge in [-0.2, -0.15) is 4.98 Å². The Balaban J connectivity index is 2.02. The lowest BCUT2D eigenvalue weighted by molar-refractivity contribution is 0.507.